The van der Waals surface area contributed by atoms with Gasteiger partial charge >= 0.3 is 0 Å². The average Bonchev–Trinajstić information content (AvgIpc) is 2.88. The summed E-state index contributed by atoms with van der Waals surface area (Å²) in [6, 6.07) is 0. The summed E-state index contributed by atoms with van der Waals surface area (Å²) >= 11 is 0. The van der Waals surface area contributed by atoms with Crippen molar-refractivity contribution in [3.63, 3.8) is 0 Å². The maximum absolute atomic E-state index is 5.74. The van der Waals surface area contributed by atoms with E-state index in [1.807, 2.05) is 0 Å². The Morgan fingerprint density at radius 3 is 2.60 bits per heavy atom. The molecule has 0 aliphatic carbocycles. The van der Waals surface area contributed by atoms with Gasteiger partial charge in [-0.2, -0.15) is 0 Å². The van der Waals surface area contributed by atoms with E-state index in [0.717, 1.165) is 13.0 Å². The quantitative estimate of drug-likeness (QED) is 0.579. The summed E-state index contributed by atoms with van der Waals surface area (Å²) in [4.78, 5) is 0. The van der Waals surface area contributed by atoms with E-state index in [-0.39, 0.29) is 20.6 Å². The van der Waals surface area contributed by atoms with Crippen LogP contribution in [0.1, 0.15) is 13.3 Å². The van der Waals surface area contributed by atoms with Crippen LogP contribution in [0.3, 0.4) is 0 Å². The first-order valence-corrected chi connectivity index (χ1v) is 5.37. The van der Waals surface area contributed by atoms with Gasteiger partial charge in [0, 0.05) is 14.3 Å². The van der Waals surface area contributed by atoms with Crippen LogP contribution in [0.15, 0.2) is 0 Å². The van der Waals surface area contributed by atoms with Gasteiger partial charge in [-0.15, -0.1) is 0 Å². The van der Waals surface area contributed by atoms with Crippen LogP contribution >= 0.6 is 0 Å². The first-order valence-electron chi connectivity index (χ1n) is 5.37. The minimum Gasteiger partial charge on any atom is -0.369 e. The van der Waals surface area contributed by atoms with E-state index in [2.05, 4.69) is 6.92 Å². The summed E-state index contributed by atoms with van der Waals surface area (Å²) in [7, 11) is 0. The van der Waals surface area contributed by atoms with Crippen LogP contribution in [-0.2, 0) is 18.9 Å². The van der Waals surface area contributed by atoms with Crippen molar-refractivity contribution < 1.29 is 18.9 Å². The monoisotopic (exact) mass is 211 g/mol. The van der Waals surface area contributed by atoms with E-state index in [9.17, 15) is 0 Å². The van der Waals surface area contributed by atoms with Gasteiger partial charge in [-0.1, -0.05) is 6.92 Å². The predicted octanol–water partition coefficient (Wildman–Crippen LogP) is 0.172. The van der Waals surface area contributed by atoms with Crippen molar-refractivity contribution in [2.75, 3.05) is 26.4 Å². The van der Waals surface area contributed by atoms with Crippen molar-refractivity contribution >= 4 is 8.41 Å². The summed E-state index contributed by atoms with van der Waals surface area (Å²) in [5.41, 5.74) is 0. The molecule has 3 aliphatic heterocycles. The summed E-state index contributed by atoms with van der Waals surface area (Å²) in [5.74, 6) is -0.0682. The highest BCUT2D eigenvalue weighted by Crippen LogP contribution is 2.42. The van der Waals surface area contributed by atoms with Gasteiger partial charge in [0.2, 0.25) is 5.79 Å². The highest BCUT2D eigenvalue weighted by molar-refractivity contribution is 5.75. The van der Waals surface area contributed by atoms with Crippen LogP contribution in [-0.4, -0.2) is 52.8 Å². The molecule has 4 nitrogen and oxygen atoms in total. The molecule has 0 amide bonds. The minimum atomic E-state index is -0.575. The van der Waals surface area contributed by atoms with Crippen molar-refractivity contribution in [1.82, 2.24) is 0 Å². The van der Waals surface area contributed by atoms with Gasteiger partial charge in [-0.25, -0.2) is 0 Å². The van der Waals surface area contributed by atoms with E-state index in [1.54, 1.807) is 0 Å². The molecular formula is C10H16BO4. The Morgan fingerprint density at radius 1 is 1.20 bits per heavy atom. The summed E-state index contributed by atoms with van der Waals surface area (Å²) in [5, 5.41) is 0. The molecule has 83 valence electrons. The summed E-state index contributed by atoms with van der Waals surface area (Å²) in [6.45, 7) is 4.79. The van der Waals surface area contributed by atoms with Gasteiger partial charge in [0.1, 0.15) is 12.7 Å². The van der Waals surface area contributed by atoms with Crippen LogP contribution in [0, 0.1) is 5.92 Å². The zero-order chi connectivity index (χ0) is 9.60. The molecule has 3 fully saturated rings. The van der Waals surface area contributed by atoms with Crippen molar-refractivity contribution in [1.29, 1.82) is 0 Å². The maximum atomic E-state index is 5.74. The van der Waals surface area contributed by atoms with Gasteiger partial charge in [-0.3, -0.25) is 0 Å². The average molecular weight is 211 g/mol. The molecule has 3 rings (SSSR count). The van der Waals surface area contributed by atoms with Crippen LogP contribution in [0.5, 0.6) is 0 Å². The second kappa shape index (κ2) is 4.05. The molecule has 15 heavy (non-hydrogen) atoms. The molecule has 3 aliphatic rings. The Labute approximate surface area is 91.8 Å². The minimum absolute atomic E-state index is 0. The third kappa shape index (κ3) is 1.53. The molecule has 3 unspecified atom stereocenters. The maximum Gasteiger partial charge on any atom is 0.221 e. The SMILES string of the molecule is CCC1COC2C1OCC21OCCO1.[B]. The second-order valence-electron chi connectivity index (χ2n) is 4.21. The standard InChI is InChI=1S/C10H16O4.B/c1-2-7-5-11-9-8(7)12-6-10(9)13-3-4-14-10;/h7-9H,2-6H2,1H3;. The first-order chi connectivity index (χ1) is 6.86. The molecule has 0 aromatic rings. The fraction of sp³-hybridized carbons (Fsp3) is 1.00. The Kier molecular flexibility index (Phi) is 3.08. The third-order valence-electron chi connectivity index (χ3n) is 3.46. The summed E-state index contributed by atoms with van der Waals surface area (Å²) in [6.07, 6.45) is 1.27. The molecule has 0 aromatic heterocycles. The lowest BCUT2D eigenvalue weighted by molar-refractivity contribution is -0.206. The fourth-order valence-electron chi connectivity index (χ4n) is 2.63. The number of ether oxygens (including phenoxy) is 4. The smallest absolute Gasteiger partial charge is 0.221 e. The molecule has 0 saturated carbocycles. The topological polar surface area (TPSA) is 36.9 Å². The fourth-order valence-corrected chi connectivity index (χ4v) is 2.63. The molecular weight excluding hydrogens is 195 g/mol. The van der Waals surface area contributed by atoms with Crippen LogP contribution < -0.4 is 0 Å². The Morgan fingerprint density at radius 2 is 1.93 bits per heavy atom. The Bertz CT molecular complexity index is 229. The molecule has 5 heteroatoms. The predicted molar refractivity (Wildman–Crippen MR) is 53.7 cm³/mol. The molecule has 3 radical (unpaired) electrons. The van der Waals surface area contributed by atoms with Gasteiger partial charge in [-0.05, 0) is 6.42 Å². The summed E-state index contributed by atoms with van der Waals surface area (Å²) < 4.78 is 22.8. The van der Waals surface area contributed by atoms with Crippen LogP contribution in [0.25, 0.3) is 0 Å². The Hall–Kier alpha value is -0.0951. The van der Waals surface area contributed by atoms with E-state index >= 15 is 0 Å². The lowest BCUT2D eigenvalue weighted by Gasteiger charge is -2.25. The molecule has 0 aromatic carbocycles. The molecule has 1 spiro atoms. The van der Waals surface area contributed by atoms with Crippen LogP contribution in [0.4, 0.5) is 0 Å². The molecule has 0 bridgehead atoms. The van der Waals surface area contributed by atoms with Gasteiger partial charge < -0.3 is 18.9 Å². The number of fused-ring (bicyclic) bond motifs is 2. The molecule has 3 atom stereocenters. The lowest BCUT2D eigenvalue weighted by Crippen LogP contribution is -2.44. The molecule has 0 N–H and O–H groups in total. The van der Waals surface area contributed by atoms with Crippen molar-refractivity contribution in [2.45, 2.75) is 31.3 Å². The molecule has 3 heterocycles. The largest absolute Gasteiger partial charge is 0.369 e. The van der Waals surface area contributed by atoms with E-state index in [0.29, 0.717) is 25.7 Å². The van der Waals surface area contributed by atoms with Gasteiger partial charge in [0.05, 0.1) is 25.9 Å². The number of hydrogen-bond acceptors (Lipinski definition) is 4. The van der Waals surface area contributed by atoms with Crippen molar-refractivity contribution in [3.8, 4) is 0 Å². The zero-order valence-electron chi connectivity index (χ0n) is 8.98. The Balaban J connectivity index is 0.000000853. The lowest BCUT2D eigenvalue weighted by atomic mass is 9.97. The second-order valence-corrected chi connectivity index (χ2v) is 4.21. The van der Waals surface area contributed by atoms with Gasteiger partial charge in [0.15, 0.2) is 0 Å². The zero-order valence-corrected chi connectivity index (χ0v) is 8.98. The first kappa shape index (κ1) is 11.4. The van der Waals surface area contributed by atoms with Crippen molar-refractivity contribution in [3.05, 3.63) is 0 Å². The third-order valence-corrected chi connectivity index (χ3v) is 3.46. The van der Waals surface area contributed by atoms with E-state index in [1.165, 1.54) is 0 Å². The van der Waals surface area contributed by atoms with Crippen molar-refractivity contribution in [2.24, 2.45) is 5.92 Å². The number of rotatable bonds is 1. The normalized spacial score (nSPS) is 41.8. The molecule has 3 saturated heterocycles. The van der Waals surface area contributed by atoms with Gasteiger partial charge in [0.25, 0.3) is 0 Å². The highest BCUT2D eigenvalue weighted by Gasteiger charge is 2.59. The number of hydrogen-bond donors (Lipinski definition) is 0. The van der Waals surface area contributed by atoms with Crippen LogP contribution in [0.2, 0.25) is 0 Å². The van der Waals surface area contributed by atoms with E-state index in [4.69, 9.17) is 18.9 Å². The van der Waals surface area contributed by atoms with E-state index < -0.39 is 5.79 Å². The highest BCUT2D eigenvalue weighted by atomic mass is 16.8.